The van der Waals surface area contributed by atoms with E-state index >= 15 is 0 Å². The highest BCUT2D eigenvalue weighted by molar-refractivity contribution is 5.34. The Labute approximate surface area is 74.9 Å². The first kappa shape index (κ1) is 9.63. The average Bonchev–Trinajstić information content (AvgIpc) is 2.17. The molecule has 0 saturated heterocycles. The molecule has 0 heterocycles. The van der Waals surface area contributed by atoms with Crippen LogP contribution in [0.2, 0.25) is 0 Å². The van der Waals surface area contributed by atoms with Gasteiger partial charge in [0.1, 0.15) is 0 Å². The summed E-state index contributed by atoms with van der Waals surface area (Å²) in [6.07, 6.45) is 0. The fourth-order valence-electron chi connectivity index (χ4n) is 0.949. The fraction of sp³-hybridized carbons (Fsp3) is 0.250. The zero-order valence-corrected chi connectivity index (χ0v) is 6.88. The number of aliphatic hydroxyl groups excluding tert-OH is 1. The van der Waals surface area contributed by atoms with Gasteiger partial charge in [0.2, 0.25) is 0 Å². The van der Waals surface area contributed by atoms with Crippen molar-refractivity contribution in [3.05, 3.63) is 39.9 Å². The van der Waals surface area contributed by atoms with Crippen LogP contribution < -0.4 is 5.73 Å². The van der Waals surface area contributed by atoms with Gasteiger partial charge in [0, 0.05) is 12.1 Å². The third kappa shape index (κ3) is 2.24. The largest absolute Gasteiger partial charge is 0.394 e. The number of nitrogens with two attached hydrogens (primary N) is 1. The second kappa shape index (κ2) is 3.97. The maximum absolute atomic E-state index is 10.3. The van der Waals surface area contributed by atoms with Gasteiger partial charge < -0.3 is 10.8 Å². The van der Waals surface area contributed by atoms with Crippen molar-refractivity contribution in [2.45, 2.75) is 6.04 Å². The minimum absolute atomic E-state index is 0.0221. The molecule has 1 aromatic rings. The monoisotopic (exact) mass is 182 g/mol. The molecule has 1 rings (SSSR count). The van der Waals surface area contributed by atoms with Crippen LogP contribution in [-0.4, -0.2) is 16.6 Å². The lowest BCUT2D eigenvalue weighted by atomic mass is 10.1. The number of hydrogen-bond donors (Lipinski definition) is 2. The molecule has 1 aromatic carbocycles. The minimum Gasteiger partial charge on any atom is -0.394 e. The molecule has 0 aliphatic heterocycles. The van der Waals surface area contributed by atoms with Crippen LogP contribution in [0.15, 0.2) is 24.3 Å². The zero-order valence-electron chi connectivity index (χ0n) is 6.88. The van der Waals surface area contributed by atoms with Crippen molar-refractivity contribution in [1.82, 2.24) is 0 Å². The van der Waals surface area contributed by atoms with Crippen LogP contribution in [0.5, 0.6) is 0 Å². The van der Waals surface area contributed by atoms with Crippen molar-refractivity contribution in [1.29, 1.82) is 0 Å². The van der Waals surface area contributed by atoms with Crippen LogP contribution in [0.1, 0.15) is 11.6 Å². The molecular formula is C8H10N2O3. The standard InChI is InChI=1S/C8H10N2O3/c9-8(5-11)6-1-3-7(4-2-6)10(12)13/h1-4,8,11H,5,9H2/t8-/m1/s1. The highest BCUT2D eigenvalue weighted by atomic mass is 16.6. The van der Waals surface area contributed by atoms with Gasteiger partial charge in [-0.1, -0.05) is 12.1 Å². The van der Waals surface area contributed by atoms with Crippen molar-refractivity contribution in [2.75, 3.05) is 6.61 Å². The Balaban J connectivity index is 2.87. The topological polar surface area (TPSA) is 89.4 Å². The summed E-state index contributed by atoms with van der Waals surface area (Å²) < 4.78 is 0. The number of nitro groups is 1. The van der Waals surface area contributed by atoms with Gasteiger partial charge in [-0.15, -0.1) is 0 Å². The number of rotatable bonds is 3. The lowest BCUT2D eigenvalue weighted by Crippen LogP contribution is -2.14. The summed E-state index contributed by atoms with van der Waals surface area (Å²) in [5, 5.41) is 19.0. The molecule has 0 radical (unpaired) electrons. The van der Waals surface area contributed by atoms with Crippen LogP contribution in [0, 0.1) is 10.1 Å². The van der Waals surface area contributed by atoms with E-state index in [4.69, 9.17) is 10.8 Å². The van der Waals surface area contributed by atoms with Crippen LogP contribution >= 0.6 is 0 Å². The SMILES string of the molecule is N[C@H](CO)c1ccc([N+](=O)[O-])cc1. The first-order valence-corrected chi connectivity index (χ1v) is 3.76. The van der Waals surface area contributed by atoms with Gasteiger partial charge in [0.25, 0.3) is 5.69 Å². The van der Waals surface area contributed by atoms with E-state index in [9.17, 15) is 10.1 Å². The summed E-state index contributed by atoms with van der Waals surface area (Å²) in [5.74, 6) is 0. The van der Waals surface area contributed by atoms with Crippen molar-refractivity contribution in [3.8, 4) is 0 Å². The number of nitro benzene ring substituents is 1. The van der Waals surface area contributed by atoms with Crippen LogP contribution in [-0.2, 0) is 0 Å². The lowest BCUT2D eigenvalue weighted by molar-refractivity contribution is -0.384. The van der Waals surface area contributed by atoms with Crippen molar-refractivity contribution >= 4 is 5.69 Å². The molecule has 0 bridgehead atoms. The highest BCUT2D eigenvalue weighted by Gasteiger charge is 2.07. The van der Waals surface area contributed by atoms with E-state index < -0.39 is 11.0 Å². The van der Waals surface area contributed by atoms with E-state index in [2.05, 4.69) is 0 Å². The first-order valence-electron chi connectivity index (χ1n) is 3.76. The molecule has 70 valence electrons. The lowest BCUT2D eigenvalue weighted by Gasteiger charge is -2.06. The quantitative estimate of drug-likeness (QED) is 0.528. The second-order valence-corrected chi connectivity index (χ2v) is 2.64. The normalized spacial score (nSPS) is 12.5. The van der Waals surface area contributed by atoms with Crippen LogP contribution in [0.3, 0.4) is 0 Å². The van der Waals surface area contributed by atoms with Crippen molar-refractivity contribution in [2.24, 2.45) is 5.73 Å². The summed E-state index contributed by atoms with van der Waals surface area (Å²) in [6.45, 7) is -0.169. The van der Waals surface area contributed by atoms with E-state index in [1.165, 1.54) is 12.1 Å². The molecule has 3 N–H and O–H groups in total. The van der Waals surface area contributed by atoms with Crippen LogP contribution in [0.4, 0.5) is 5.69 Å². The van der Waals surface area contributed by atoms with E-state index in [1.807, 2.05) is 0 Å². The Morgan fingerprint density at radius 2 is 2.00 bits per heavy atom. The van der Waals surface area contributed by atoms with Gasteiger partial charge >= 0.3 is 0 Å². The predicted molar refractivity (Wildman–Crippen MR) is 47.1 cm³/mol. The number of benzene rings is 1. The smallest absolute Gasteiger partial charge is 0.269 e. The first-order chi connectivity index (χ1) is 6.15. The Hall–Kier alpha value is -1.46. The summed E-state index contributed by atoms with van der Waals surface area (Å²) in [7, 11) is 0. The van der Waals surface area contributed by atoms with Gasteiger partial charge in [-0.3, -0.25) is 10.1 Å². The number of non-ortho nitro benzene ring substituents is 1. The molecule has 13 heavy (non-hydrogen) atoms. The number of hydrogen-bond acceptors (Lipinski definition) is 4. The highest BCUT2D eigenvalue weighted by Crippen LogP contribution is 2.15. The third-order valence-electron chi connectivity index (χ3n) is 1.73. The molecule has 0 aliphatic carbocycles. The van der Waals surface area contributed by atoms with Gasteiger partial charge in [-0.25, -0.2) is 0 Å². The van der Waals surface area contributed by atoms with E-state index in [1.54, 1.807) is 12.1 Å². The Morgan fingerprint density at radius 3 is 2.38 bits per heavy atom. The van der Waals surface area contributed by atoms with Crippen LogP contribution in [0.25, 0.3) is 0 Å². The second-order valence-electron chi connectivity index (χ2n) is 2.64. The molecule has 0 fully saturated rings. The van der Waals surface area contributed by atoms with Crippen molar-refractivity contribution in [3.63, 3.8) is 0 Å². The Bertz CT molecular complexity index is 297. The molecule has 0 aliphatic rings. The van der Waals surface area contributed by atoms with Crippen molar-refractivity contribution < 1.29 is 10.0 Å². The Kier molecular flexibility index (Phi) is 2.94. The predicted octanol–water partition coefficient (Wildman–Crippen LogP) is 0.587. The van der Waals surface area contributed by atoms with Gasteiger partial charge in [0.05, 0.1) is 17.6 Å². The molecule has 5 heteroatoms. The summed E-state index contributed by atoms with van der Waals surface area (Å²) in [6, 6.07) is 5.34. The maximum atomic E-state index is 10.3. The van der Waals surface area contributed by atoms with E-state index in [0.717, 1.165) is 0 Å². The van der Waals surface area contributed by atoms with E-state index in [0.29, 0.717) is 5.56 Å². The minimum atomic E-state index is -0.478. The molecule has 1 atom stereocenters. The summed E-state index contributed by atoms with van der Waals surface area (Å²) in [4.78, 5) is 9.80. The van der Waals surface area contributed by atoms with E-state index in [-0.39, 0.29) is 12.3 Å². The molecule has 0 unspecified atom stereocenters. The third-order valence-corrected chi connectivity index (χ3v) is 1.73. The summed E-state index contributed by atoms with van der Waals surface area (Å²) >= 11 is 0. The fourth-order valence-corrected chi connectivity index (χ4v) is 0.949. The number of aliphatic hydroxyl groups is 1. The van der Waals surface area contributed by atoms with Gasteiger partial charge in [-0.2, -0.15) is 0 Å². The molecule has 0 aromatic heterocycles. The molecule has 0 spiro atoms. The number of nitrogens with zero attached hydrogens (tertiary/aromatic N) is 1. The van der Waals surface area contributed by atoms with Gasteiger partial charge in [0.15, 0.2) is 0 Å². The summed E-state index contributed by atoms with van der Waals surface area (Å²) in [5.41, 5.74) is 6.21. The van der Waals surface area contributed by atoms with Gasteiger partial charge in [-0.05, 0) is 5.56 Å². The zero-order chi connectivity index (χ0) is 9.84. The average molecular weight is 182 g/mol. The molecule has 0 amide bonds. The molecule has 5 nitrogen and oxygen atoms in total. The molecular weight excluding hydrogens is 172 g/mol. The Morgan fingerprint density at radius 1 is 1.46 bits per heavy atom. The maximum Gasteiger partial charge on any atom is 0.269 e. The molecule has 0 saturated carbocycles.